The minimum atomic E-state index is 0.598. The predicted octanol–water partition coefficient (Wildman–Crippen LogP) is 4.13. The fraction of sp³-hybridized carbons (Fsp3) is 0.200. The number of methoxy groups -OCH3 is 2. The van der Waals surface area contributed by atoms with Crippen LogP contribution >= 0.6 is 11.6 Å². The first kappa shape index (κ1) is 13.6. The van der Waals surface area contributed by atoms with Gasteiger partial charge < -0.3 is 14.4 Å². The van der Waals surface area contributed by atoms with Crippen LogP contribution in [-0.2, 0) is 0 Å². The van der Waals surface area contributed by atoms with E-state index in [-0.39, 0.29) is 0 Å². The van der Waals surface area contributed by atoms with Gasteiger partial charge in [-0.05, 0) is 42.5 Å². The van der Waals surface area contributed by atoms with E-state index in [4.69, 9.17) is 21.1 Å². The van der Waals surface area contributed by atoms with E-state index in [1.54, 1.807) is 14.2 Å². The summed E-state index contributed by atoms with van der Waals surface area (Å²) in [7, 11) is 5.25. The molecule has 19 heavy (non-hydrogen) atoms. The van der Waals surface area contributed by atoms with Crippen molar-refractivity contribution in [2.75, 3.05) is 26.2 Å². The Morgan fingerprint density at radius 3 is 2.05 bits per heavy atom. The van der Waals surface area contributed by atoms with Gasteiger partial charge in [0.2, 0.25) is 0 Å². The van der Waals surface area contributed by atoms with Gasteiger partial charge >= 0.3 is 0 Å². The van der Waals surface area contributed by atoms with E-state index in [0.29, 0.717) is 10.8 Å². The Kier molecular flexibility index (Phi) is 4.17. The van der Waals surface area contributed by atoms with Crippen molar-refractivity contribution in [2.45, 2.75) is 0 Å². The molecule has 4 heteroatoms. The van der Waals surface area contributed by atoms with E-state index in [1.165, 1.54) is 0 Å². The van der Waals surface area contributed by atoms with Crippen molar-refractivity contribution < 1.29 is 9.47 Å². The molecular formula is C15H16ClNO2. The van der Waals surface area contributed by atoms with Gasteiger partial charge in [-0.3, -0.25) is 0 Å². The third-order valence-corrected chi connectivity index (χ3v) is 3.28. The van der Waals surface area contributed by atoms with Crippen molar-refractivity contribution in [1.29, 1.82) is 0 Å². The van der Waals surface area contributed by atoms with Crippen LogP contribution in [0.5, 0.6) is 11.5 Å². The Morgan fingerprint density at radius 2 is 1.53 bits per heavy atom. The number of hydrogen-bond acceptors (Lipinski definition) is 3. The van der Waals surface area contributed by atoms with Crippen molar-refractivity contribution in [1.82, 2.24) is 0 Å². The molecular weight excluding hydrogens is 262 g/mol. The van der Waals surface area contributed by atoms with Gasteiger partial charge in [0.1, 0.15) is 11.5 Å². The lowest BCUT2D eigenvalue weighted by Crippen LogP contribution is -2.09. The summed E-state index contributed by atoms with van der Waals surface area (Å²) in [6.45, 7) is 0. The zero-order valence-corrected chi connectivity index (χ0v) is 11.9. The van der Waals surface area contributed by atoms with Crippen LogP contribution in [0.2, 0.25) is 5.02 Å². The van der Waals surface area contributed by atoms with Gasteiger partial charge in [-0.15, -0.1) is 0 Å². The highest BCUT2D eigenvalue weighted by Gasteiger charge is 2.07. The molecule has 0 atom stereocenters. The van der Waals surface area contributed by atoms with E-state index in [0.717, 1.165) is 17.1 Å². The average Bonchev–Trinajstić information content (AvgIpc) is 2.46. The second-order valence-corrected chi connectivity index (χ2v) is 4.48. The highest BCUT2D eigenvalue weighted by molar-refractivity contribution is 6.32. The molecule has 0 fully saturated rings. The molecule has 0 radical (unpaired) electrons. The van der Waals surface area contributed by atoms with Crippen LogP contribution in [0.25, 0.3) is 0 Å². The monoisotopic (exact) mass is 277 g/mol. The maximum absolute atomic E-state index is 6.14. The Hall–Kier alpha value is -1.87. The van der Waals surface area contributed by atoms with Gasteiger partial charge in [0.05, 0.1) is 19.2 Å². The Labute approximate surface area is 118 Å². The lowest BCUT2D eigenvalue weighted by Gasteiger charge is -2.20. The van der Waals surface area contributed by atoms with E-state index >= 15 is 0 Å². The number of ether oxygens (including phenoxy) is 2. The fourth-order valence-corrected chi connectivity index (χ4v) is 2.07. The molecule has 0 amide bonds. The molecule has 0 N–H and O–H groups in total. The van der Waals surface area contributed by atoms with E-state index in [2.05, 4.69) is 0 Å². The molecule has 3 nitrogen and oxygen atoms in total. The minimum Gasteiger partial charge on any atom is -0.497 e. The molecule has 0 saturated carbocycles. The zero-order valence-electron chi connectivity index (χ0n) is 11.2. The molecule has 2 rings (SSSR count). The maximum Gasteiger partial charge on any atom is 0.137 e. The van der Waals surface area contributed by atoms with E-state index in [1.807, 2.05) is 54.4 Å². The van der Waals surface area contributed by atoms with Crippen LogP contribution in [0.1, 0.15) is 0 Å². The van der Waals surface area contributed by atoms with Crippen LogP contribution in [0.15, 0.2) is 42.5 Å². The number of halogens is 1. The average molecular weight is 278 g/mol. The standard InChI is InChI=1S/C15H16ClNO2/c1-17(11-4-7-13(18-2)8-5-11)12-6-9-15(19-3)14(16)10-12/h4-10H,1-3H3. The number of hydrogen-bond donors (Lipinski definition) is 0. The zero-order chi connectivity index (χ0) is 13.8. The third kappa shape index (κ3) is 2.93. The molecule has 0 aliphatic heterocycles. The summed E-state index contributed by atoms with van der Waals surface area (Å²) in [5.41, 5.74) is 2.05. The fourth-order valence-electron chi connectivity index (χ4n) is 1.82. The van der Waals surface area contributed by atoms with Crippen LogP contribution in [0.4, 0.5) is 11.4 Å². The highest BCUT2D eigenvalue weighted by atomic mass is 35.5. The molecule has 0 saturated heterocycles. The summed E-state index contributed by atoms with van der Waals surface area (Å²) >= 11 is 6.14. The first-order valence-corrected chi connectivity index (χ1v) is 6.25. The Balaban J connectivity index is 2.27. The normalized spacial score (nSPS) is 10.1. The second-order valence-electron chi connectivity index (χ2n) is 4.08. The van der Waals surface area contributed by atoms with Crippen molar-refractivity contribution in [3.05, 3.63) is 47.5 Å². The molecule has 2 aromatic rings. The Bertz CT molecular complexity index is 555. The van der Waals surface area contributed by atoms with Gasteiger partial charge in [0.15, 0.2) is 0 Å². The number of anilines is 2. The quantitative estimate of drug-likeness (QED) is 0.839. The van der Waals surface area contributed by atoms with Gasteiger partial charge in [-0.2, -0.15) is 0 Å². The van der Waals surface area contributed by atoms with Crippen molar-refractivity contribution in [2.24, 2.45) is 0 Å². The van der Waals surface area contributed by atoms with Crippen LogP contribution in [0, 0.1) is 0 Å². The number of nitrogens with zero attached hydrogens (tertiary/aromatic N) is 1. The topological polar surface area (TPSA) is 21.7 Å². The summed E-state index contributed by atoms with van der Waals surface area (Å²) in [6, 6.07) is 13.6. The van der Waals surface area contributed by atoms with Crippen molar-refractivity contribution in [3.63, 3.8) is 0 Å². The maximum atomic E-state index is 6.14. The van der Waals surface area contributed by atoms with Crippen LogP contribution < -0.4 is 14.4 Å². The summed E-state index contributed by atoms with van der Waals surface area (Å²) in [4.78, 5) is 2.05. The molecule has 100 valence electrons. The lowest BCUT2D eigenvalue weighted by atomic mass is 10.2. The van der Waals surface area contributed by atoms with Crippen LogP contribution in [-0.4, -0.2) is 21.3 Å². The lowest BCUT2D eigenvalue weighted by molar-refractivity contribution is 0.415. The molecule has 2 aromatic carbocycles. The van der Waals surface area contributed by atoms with Crippen molar-refractivity contribution in [3.8, 4) is 11.5 Å². The minimum absolute atomic E-state index is 0.598. The summed E-state index contributed by atoms with van der Waals surface area (Å²) < 4.78 is 10.3. The van der Waals surface area contributed by atoms with Gasteiger partial charge in [-0.1, -0.05) is 11.6 Å². The highest BCUT2D eigenvalue weighted by Crippen LogP contribution is 2.32. The predicted molar refractivity (Wildman–Crippen MR) is 79.1 cm³/mol. The smallest absolute Gasteiger partial charge is 0.137 e. The molecule has 0 aromatic heterocycles. The first-order valence-electron chi connectivity index (χ1n) is 5.87. The molecule has 0 unspecified atom stereocenters. The molecule has 0 aliphatic rings. The molecule has 0 spiro atoms. The van der Waals surface area contributed by atoms with Gasteiger partial charge in [0.25, 0.3) is 0 Å². The largest absolute Gasteiger partial charge is 0.497 e. The molecule has 0 bridgehead atoms. The van der Waals surface area contributed by atoms with Crippen LogP contribution in [0.3, 0.4) is 0 Å². The van der Waals surface area contributed by atoms with Gasteiger partial charge in [0, 0.05) is 18.4 Å². The van der Waals surface area contributed by atoms with E-state index in [9.17, 15) is 0 Å². The number of benzene rings is 2. The summed E-state index contributed by atoms with van der Waals surface area (Å²) in [6.07, 6.45) is 0. The summed E-state index contributed by atoms with van der Waals surface area (Å²) in [5.74, 6) is 1.51. The van der Waals surface area contributed by atoms with Gasteiger partial charge in [-0.25, -0.2) is 0 Å². The first-order chi connectivity index (χ1) is 9.15. The summed E-state index contributed by atoms with van der Waals surface area (Å²) in [5, 5.41) is 0.598. The number of rotatable bonds is 4. The Morgan fingerprint density at radius 1 is 0.895 bits per heavy atom. The molecule has 0 heterocycles. The SMILES string of the molecule is COc1ccc(N(C)c2ccc(OC)c(Cl)c2)cc1. The van der Waals surface area contributed by atoms with E-state index < -0.39 is 0 Å². The van der Waals surface area contributed by atoms with Crippen molar-refractivity contribution >= 4 is 23.0 Å². The third-order valence-electron chi connectivity index (χ3n) is 2.98. The molecule has 0 aliphatic carbocycles. The second kappa shape index (κ2) is 5.85.